The SMILES string of the molecule is COc1nccnc1N(C)CC1CCN(C(=O)c2nc3ccccc3s2)CC1. The molecule has 3 heterocycles. The topological polar surface area (TPSA) is 71.5 Å². The zero-order chi connectivity index (χ0) is 19.5. The second kappa shape index (κ2) is 8.10. The van der Waals surface area contributed by atoms with E-state index in [0.29, 0.717) is 16.8 Å². The van der Waals surface area contributed by atoms with Gasteiger partial charge in [0, 0.05) is 39.1 Å². The number of ether oxygens (including phenoxy) is 1. The van der Waals surface area contributed by atoms with Gasteiger partial charge in [0.15, 0.2) is 10.8 Å². The van der Waals surface area contributed by atoms with Crippen molar-refractivity contribution < 1.29 is 9.53 Å². The van der Waals surface area contributed by atoms with Crippen molar-refractivity contribution in [2.24, 2.45) is 5.92 Å². The molecule has 28 heavy (non-hydrogen) atoms. The van der Waals surface area contributed by atoms with E-state index in [0.717, 1.165) is 48.5 Å². The Morgan fingerprint density at radius 2 is 2.00 bits per heavy atom. The number of piperidine rings is 1. The summed E-state index contributed by atoms with van der Waals surface area (Å²) in [7, 11) is 3.61. The summed E-state index contributed by atoms with van der Waals surface area (Å²) < 4.78 is 6.36. The van der Waals surface area contributed by atoms with Gasteiger partial charge in [0.1, 0.15) is 0 Å². The fourth-order valence-corrected chi connectivity index (χ4v) is 4.55. The van der Waals surface area contributed by atoms with Crippen LogP contribution in [0.15, 0.2) is 36.7 Å². The normalized spacial score (nSPS) is 15.0. The smallest absolute Gasteiger partial charge is 0.282 e. The molecule has 146 valence electrons. The lowest BCUT2D eigenvalue weighted by Crippen LogP contribution is -2.41. The minimum atomic E-state index is 0.0450. The van der Waals surface area contributed by atoms with Gasteiger partial charge >= 0.3 is 0 Å². The highest BCUT2D eigenvalue weighted by atomic mass is 32.1. The Hall–Kier alpha value is -2.74. The maximum Gasteiger partial charge on any atom is 0.282 e. The molecule has 2 aromatic heterocycles. The minimum Gasteiger partial charge on any atom is -0.478 e. The third-order valence-electron chi connectivity index (χ3n) is 5.11. The van der Waals surface area contributed by atoms with Crippen LogP contribution in [0.5, 0.6) is 5.88 Å². The van der Waals surface area contributed by atoms with E-state index in [2.05, 4.69) is 19.9 Å². The van der Waals surface area contributed by atoms with E-state index in [1.807, 2.05) is 36.2 Å². The monoisotopic (exact) mass is 397 g/mol. The highest BCUT2D eigenvalue weighted by Crippen LogP contribution is 2.27. The first-order chi connectivity index (χ1) is 13.7. The van der Waals surface area contributed by atoms with Crippen molar-refractivity contribution in [2.45, 2.75) is 12.8 Å². The molecule has 0 radical (unpaired) electrons. The molecule has 4 rings (SSSR count). The highest BCUT2D eigenvalue weighted by Gasteiger charge is 2.27. The Morgan fingerprint density at radius 3 is 2.75 bits per heavy atom. The predicted octanol–water partition coefficient (Wildman–Crippen LogP) is 3.08. The number of hydrogen-bond acceptors (Lipinski definition) is 7. The third-order valence-corrected chi connectivity index (χ3v) is 6.14. The number of carbonyl (C=O) groups is 1. The van der Waals surface area contributed by atoms with Crippen LogP contribution in [0.1, 0.15) is 22.6 Å². The first kappa shape index (κ1) is 18.6. The van der Waals surface area contributed by atoms with E-state index in [1.165, 1.54) is 11.3 Å². The number of carbonyl (C=O) groups excluding carboxylic acids is 1. The standard InChI is InChI=1S/C20H23N5O2S/c1-24(17-18(27-2)22-10-9-21-17)13-14-7-11-25(12-8-14)20(26)19-23-15-5-3-4-6-16(15)28-19/h3-6,9-10,14H,7-8,11-13H2,1-2H3. The van der Waals surface area contributed by atoms with Crippen LogP contribution in [0.2, 0.25) is 0 Å². The number of likely N-dealkylation sites (tertiary alicyclic amines) is 1. The van der Waals surface area contributed by atoms with Gasteiger partial charge < -0.3 is 14.5 Å². The molecule has 0 unspecified atom stereocenters. The summed E-state index contributed by atoms with van der Waals surface area (Å²) >= 11 is 1.47. The predicted molar refractivity (Wildman–Crippen MR) is 110 cm³/mol. The van der Waals surface area contributed by atoms with Crippen molar-refractivity contribution >= 4 is 33.3 Å². The molecule has 1 saturated heterocycles. The van der Waals surface area contributed by atoms with E-state index in [1.54, 1.807) is 19.5 Å². The van der Waals surface area contributed by atoms with E-state index in [-0.39, 0.29) is 5.91 Å². The fourth-order valence-electron chi connectivity index (χ4n) is 3.62. The van der Waals surface area contributed by atoms with Crippen molar-refractivity contribution in [1.82, 2.24) is 19.9 Å². The molecule has 0 N–H and O–H groups in total. The number of fused-ring (bicyclic) bond motifs is 1. The Labute approximate surface area is 168 Å². The lowest BCUT2D eigenvalue weighted by atomic mass is 9.96. The molecule has 7 nitrogen and oxygen atoms in total. The molecule has 3 aromatic rings. The summed E-state index contributed by atoms with van der Waals surface area (Å²) in [4.78, 5) is 29.9. The van der Waals surface area contributed by atoms with Crippen LogP contribution in [0.4, 0.5) is 5.82 Å². The molecular weight excluding hydrogens is 374 g/mol. The van der Waals surface area contributed by atoms with Crippen LogP contribution in [0, 0.1) is 5.92 Å². The number of aromatic nitrogens is 3. The van der Waals surface area contributed by atoms with Crippen LogP contribution in [-0.2, 0) is 0 Å². The molecule has 0 aliphatic carbocycles. The molecule has 1 aliphatic rings. The van der Waals surface area contributed by atoms with E-state index in [4.69, 9.17) is 4.74 Å². The Kier molecular flexibility index (Phi) is 5.38. The summed E-state index contributed by atoms with van der Waals surface area (Å²) in [5.41, 5.74) is 0.894. The van der Waals surface area contributed by atoms with Crippen molar-refractivity contribution in [1.29, 1.82) is 0 Å². The lowest BCUT2D eigenvalue weighted by Gasteiger charge is -2.33. The quantitative estimate of drug-likeness (QED) is 0.659. The Bertz CT molecular complexity index is 935. The molecular formula is C20H23N5O2S. The molecule has 0 atom stereocenters. The second-order valence-corrected chi connectivity index (χ2v) is 8.02. The number of para-hydroxylation sites is 1. The molecule has 8 heteroatoms. The first-order valence-corrected chi connectivity index (χ1v) is 10.2. The maximum absolute atomic E-state index is 12.8. The maximum atomic E-state index is 12.8. The molecule has 0 spiro atoms. The number of hydrogen-bond donors (Lipinski definition) is 0. The summed E-state index contributed by atoms with van der Waals surface area (Å²) in [5, 5.41) is 0.584. The number of anilines is 1. The number of methoxy groups -OCH3 is 1. The molecule has 1 aliphatic heterocycles. The van der Waals surface area contributed by atoms with Gasteiger partial charge in [0.25, 0.3) is 11.8 Å². The van der Waals surface area contributed by atoms with Crippen LogP contribution < -0.4 is 9.64 Å². The van der Waals surface area contributed by atoms with Crippen LogP contribution in [0.3, 0.4) is 0 Å². The van der Waals surface area contributed by atoms with Crippen molar-refractivity contribution in [3.05, 3.63) is 41.7 Å². The molecule has 1 amide bonds. The third kappa shape index (κ3) is 3.77. The largest absolute Gasteiger partial charge is 0.478 e. The van der Waals surface area contributed by atoms with Gasteiger partial charge in [-0.3, -0.25) is 4.79 Å². The Balaban J connectivity index is 1.36. The van der Waals surface area contributed by atoms with Crippen LogP contribution >= 0.6 is 11.3 Å². The summed E-state index contributed by atoms with van der Waals surface area (Å²) in [6.45, 7) is 2.37. The highest BCUT2D eigenvalue weighted by molar-refractivity contribution is 7.20. The van der Waals surface area contributed by atoms with Crippen molar-refractivity contribution in [3.8, 4) is 5.88 Å². The zero-order valence-electron chi connectivity index (χ0n) is 16.0. The van der Waals surface area contributed by atoms with Crippen LogP contribution in [0.25, 0.3) is 10.2 Å². The lowest BCUT2D eigenvalue weighted by molar-refractivity contribution is 0.0693. The van der Waals surface area contributed by atoms with Gasteiger partial charge in [-0.1, -0.05) is 12.1 Å². The summed E-state index contributed by atoms with van der Waals surface area (Å²) in [6.07, 6.45) is 5.23. The van der Waals surface area contributed by atoms with E-state index >= 15 is 0 Å². The number of nitrogens with zero attached hydrogens (tertiary/aromatic N) is 5. The average Bonchev–Trinajstić information content (AvgIpc) is 3.18. The number of thiazole rings is 1. The second-order valence-electron chi connectivity index (χ2n) is 6.99. The van der Waals surface area contributed by atoms with E-state index < -0.39 is 0 Å². The Morgan fingerprint density at radius 1 is 1.25 bits per heavy atom. The van der Waals surface area contributed by atoms with Crippen molar-refractivity contribution in [2.75, 3.05) is 38.7 Å². The number of benzene rings is 1. The van der Waals surface area contributed by atoms with E-state index in [9.17, 15) is 4.79 Å². The van der Waals surface area contributed by atoms with Gasteiger partial charge in [-0.15, -0.1) is 11.3 Å². The van der Waals surface area contributed by atoms with Crippen LogP contribution in [-0.4, -0.2) is 59.6 Å². The summed E-state index contributed by atoms with van der Waals surface area (Å²) in [6, 6.07) is 7.88. The van der Waals surface area contributed by atoms with Gasteiger partial charge in [0.05, 0.1) is 17.3 Å². The molecule has 1 aromatic carbocycles. The fraction of sp³-hybridized carbons (Fsp3) is 0.400. The van der Waals surface area contributed by atoms with Gasteiger partial charge in [-0.25, -0.2) is 15.0 Å². The zero-order valence-corrected chi connectivity index (χ0v) is 16.9. The molecule has 1 fully saturated rings. The molecule has 0 saturated carbocycles. The average molecular weight is 398 g/mol. The number of amides is 1. The first-order valence-electron chi connectivity index (χ1n) is 9.36. The molecule has 0 bridgehead atoms. The van der Waals surface area contributed by atoms with Crippen molar-refractivity contribution in [3.63, 3.8) is 0 Å². The number of rotatable bonds is 5. The van der Waals surface area contributed by atoms with Gasteiger partial charge in [0.2, 0.25) is 0 Å². The minimum absolute atomic E-state index is 0.0450. The van der Waals surface area contributed by atoms with Gasteiger partial charge in [-0.05, 0) is 30.9 Å². The van der Waals surface area contributed by atoms with Gasteiger partial charge in [-0.2, -0.15) is 0 Å². The summed E-state index contributed by atoms with van der Waals surface area (Å²) in [5.74, 6) is 1.83.